The summed E-state index contributed by atoms with van der Waals surface area (Å²) in [4.78, 5) is 21.3. The van der Waals surface area contributed by atoms with E-state index in [1.54, 1.807) is 18.3 Å². The zero-order chi connectivity index (χ0) is 18.9. The van der Waals surface area contributed by atoms with Gasteiger partial charge in [0.05, 0.1) is 17.6 Å². The molecule has 4 heteroatoms. The minimum absolute atomic E-state index is 0.174. The Labute approximate surface area is 162 Å². The summed E-state index contributed by atoms with van der Waals surface area (Å²) in [5.74, 6) is -0.174. The van der Waals surface area contributed by atoms with Gasteiger partial charge < -0.3 is 5.32 Å². The summed E-state index contributed by atoms with van der Waals surface area (Å²) >= 11 is 0. The number of carbonyl (C=O) groups is 1. The molecule has 0 unspecified atom stereocenters. The number of hydrogen-bond acceptors (Lipinski definition) is 3. The van der Waals surface area contributed by atoms with E-state index < -0.39 is 0 Å². The van der Waals surface area contributed by atoms with Crippen LogP contribution in [0, 0.1) is 0 Å². The van der Waals surface area contributed by atoms with Crippen molar-refractivity contribution in [1.82, 2.24) is 9.97 Å². The molecule has 0 fully saturated rings. The van der Waals surface area contributed by atoms with Crippen molar-refractivity contribution in [1.29, 1.82) is 0 Å². The van der Waals surface area contributed by atoms with Gasteiger partial charge in [-0.3, -0.25) is 4.79 Å². The summed E-state index contributed by atoms with van der Waals surface area (Å²) in [6.45, 7) is 0. The molecule has 1 aliphatic carbocycles. The van der Waals surface area contributed by atoms with E-state index in [2.05, 4.69) is 51.7 Å². The monoisotopic (exact) mass is 363 g/mol. The second kappa shape index (κ2) is 6.74. The van der Waals surface area contributed by atoms with Gasteiger partial charge in [-0.05, 0) is 40.8 Å². The molecule has 28 heavy (non-hydrogen) atoms. The minimum Gasteiger partial charge on any atom is -0.319 e. The van der Waals surface area contributed by atoms with Crippen molar-refractivity contribution in [3.05, 3.63) is 102 Å². The van der Waals surface area contributed by atoms with E-state index in [0.29, 0.717) is 11.3 Å². The molecule has 5 rings (SSSR count). The van der Waals surface area contributed by atoms with Gasteiger partial charge in [0.15, 0.2) is 0 Å². The average molecular weight is 363 g/mol. The second-order valence-corrected chi connectivity index (χ2v) is 6.77. The van der Waals surface area contributed by atoms with Crippen LogP contribution in [0.5, 0.6) is 0 Å². The SMILES string of the molecule is O=C(Nc1cncnc1-c1cccc2c1Cc1ccccc1-2)c1ccccc1. The van der Waals surface area contributed by atoms with E-state index in [0.717, 1.165) is 17.7 Å². The molecule has 3 aromatic carbocycles. The number of carbonyl (C=O) groups excluding carboxylic acids is 1. The molecular formula is C24H17N3O. The first-order valence-corrected chi connectivity index (χ1v) is 9.18. The van der Waals surface area contributed by atoms with Crippen LogP contribution >= 0.6 is 0 Å². The van der Waals surface area contributed by atoms with Crippen LogP contribution < -0.4 is 5.32 Å². The largest absolute Gasteiger partial charge is 0.319 e. The maximum absolute atomic E-state index is 12.6. The molecule has 1 heterocycles. The summed E-state index contributed by atoms with van der Waals surface area (Å²) in [6, 6.07) is 23.9. The predicted octanol–water partition coefficient (Wildman–Crippen LogP) is 4.97. The third kappa shape index (κ3) is 2.76. The molecule has 0 saturated carbocycles. The number of nitrogens with one attached hydrogen (secondary N) is 1. The number of amides is 1. The first-order chi connectivity index (χ1) is 13.8. The number of benzene rings is 3. The Morgan fingerprint density at radius 3 is 2.46 bits per heavy atom. The molecular weight excluding hydrogens is 346 g/mol. The van der Waals surface area contributed by atoms with Crippen LogP contribution in [0.1, 0.15) is 21.5 Å². The highest BCUT2D eigenvalue weighted by Crippen LogP contribution is 2.42. The molecule has 0 bridgehead atoms. The molecule has 0 atom stereocenters. The van der Waals surface area contributed by atoms with Crippen LogP contribution in [0.25, 0.3) is 22.4 Å². The van der Waals surface area contributed by atoms with Crippen LogP contribution in [0.4, 0.5) is 5.69 Å². The fourth-order valence-electron chi connectivity index (χ4n) is 3.80. The molecule has 4 aromatic rings. The number of anilines is 1. The molecule has 0 aliphatic heterocycles. The van der Waals surface area contributed by atoms with E-state index in [-0.39, 0.29) is 5.91 Å². The van der Waals surface area contributed by atoms with Crippen molar-refractivity contribution >= 4 is 11.6 Å². The lowest BCUT2D eigenvalue weighted by atomic mass is 9.98. The number of rotatable bonds is 3. The highest BCUT2D eigenvalue weighted by molar-refractivity contribution is 6.06. The maximum Gasteiger partial charge on any atom is 0.255 e. The van der Waals surface area contributed by atoms with E-state index in [9.17, 15) is 4.79 Å². The molecule has 0 saturated heterocycles. The number of nitrogens with zero attached hydrogens (tertiary/aromatic N) is 2. The Kier molecular flexibility index (Phi) is 3.95. The summed E-state index contributed by atoms with van der Waals surface area (Å²) in [5.41, 5.74) is 8.02. The van der Waals surface area contributed by atoms with Crippen LogP contribution in [0.15, 0.2) is 85.3 Å². The smallest absolute Gasteiger partial charge is 0.255 e. The van der Waals surface area contributed by atoms with Gasteiger partial charge in [-0.25, -0.2) is 9.97 Å². The summed E-state index contributed by atoms with van der Waals surface area (Å²) < 4.78 is 0. The van der Waals surface area contributed by atoms with E-state index in [1.807, 2.05) is 24.3 Å². The van der Waals surface area contributed by atoms with Crippen molar-refractivity contribution < 1.29 is 4.79 Å². The summed E-state index contributed by atoms with van der Waals surface area (Å²) in [7, 11) is 0. The Balaban J connectivity index is 1.57. The van der Waals surface area contributed by atoms with Crippen molar-refractivity contribution in [2.75, 3.05) is 5.32 Å². The second-order valence-electron chi connectivity index (χ2n) is 6.77. The van der Waals surface area contributed by atoms with Crippen LogP contribution in [0.3, 0.4) is 0 Å². The van der Waals surface area contributed by atoms with Crippen molar-refractivity contribution in [2.24, 2.45) is 0 Å². The summed E-state index contributed by atoms with van der Waals surface area (Å²) in [5, 5.41) is 2.97. The standard InChI is InChI=1S/C24H17N3O/c28-24(16-7-2-1-3-8-16)27-22-14-25-15-26-23(22)20-12-6-11-19-18-10-5-4-9-17(18)13-21(19)20/h1-12,14-15H,13H2,(H,27,28). The molecule has 1 amide bonds. The van der Waals surface area contributed by atoms with Gasteiger partial charge in [-0.1, -0.05) is 60.7 Å². The van der Waals surface area contributed by atoms with Gasteiger partial charge in [0.25, 0.3) is 5.91 Å². The Hall–Kier alpha value is -3.79. The van der Waals surface area contributed by atoms with Crippen molar-refractivity contribution in [3.8, 4) is 22.4 Å². The minimum atomic E-state index is -0.174. The molecule has 134 valence electrons. The Morgan fingerprint density at radius 1 is 0.821 bits per heavy atom. The van der Waals surface area contributed by atoms with Crippen molar-refractivity contribution in [2.45, 2.75) is 6.42 Å². The normalized spacial score (nSPS) is 11.6. The predicted molar refractivity (Wildman–Crippen MR) is 110 cm³/mol. The first-order valence-electron chi connectivity index (χ1n) is 9.18. The molecule has 1 N–H and O–H groups in total. The van der Waals surface area contributed by atoms with Crippen LogP contribution in [-0.4, -0.2) is 15.9 Å². The van der Waals surface area contributed by atoms with E-state index >= 15 is 0 Å². The fraction of sp³-hybridized carbons (Fsp3) is 0.0417. The first kappa shape index (κ1) is 16.4. The van der Waals surface area contributed by atoms with Gasteiger partial charge in [0.1, 0.15) is 6.33 Å². The van der Waals surface area contributed by atoms with Gasteiger partial charge >= 0.3 is 0 Å². The lowest BCUT2D eigenvalue weighted by molar-refractivity contribution is 0.102. The molecule has 0 spiro atoms. The molecule has 1 aromatic heterocycles. The van der Waals surface area contributed by atoms with Gasteiger partial charge in [-0.15, -0.1) is 0 Å². The van der Waals surface area contributed by atoms with Gasteiger partial charge in [-0.2, -0.15) is 0 Å². The molecule has 1 aliphatic rings. The van der Waals surface area contributed by atoms with Crippen molar-refractivity contribution in [3.63, 3.8) is 0 Å². The number of hydrogen-bond donors (Lipinski definition) is 1. The highest BCUT2D eigenvalue weighted by Gasteiger charge is 2.23. The van der Waals surface area contributed by atoms with Gasteiger partial charge in [0, 0.05) is 11.1 Å². The third-order valence-corrected chi connectivity index (χ3v) is 5.10. The Morgan fingerprint density at radius 2 is 1.57 bits per heavy atom. The highest BCUT2D eigenvalue weighted by atomic mass is 16.1. The van der Waals surface area contributed by atoms with Crippen LogP contribution in [-0.2, 0) is 6.42 Å². The zero-order valence-electron chi connectivity index (χ0n) is 15.1. The number of fused-ring (bicyclic) bond motifs is 3. The van der Waals surface area contributed by atoms with E-state index in [1.165, 1.54) is 28.6 Å². The molecule has 4 nitrogen and oxygen atoms in total. The fourth-order valence-corrected chi connectivity index (χ4v) is 3.80. The topological polar surface area (TPSA) is 54.9 Å². The average Bonchev–Trinajstić information content (AvgIpc) is 3.14. The lowest BCUT2D eigenvalue weighted by Gasteiger charge is -2.13. The Bertz CT molecular complexity index is 1190. The quantitative estimate of drug-likeness (QED) is 0.492. The maximum atomic E-state index is 12.6. The third-order valence-electron chi connectivity index (χ3n) is 5.10. The van der Waals surface area contributed by atoms with Gasteiger partial charge in [0.2, 0.25) is 0 Å². The van der Waals surface area contributed by atoms with Crippen LogP contribution in [0.2, 0.25) is 0 Å². The zero-order valence-corrected chi connectivity index (χ0v) is 15.1. The van der Waals surface area contributed by atoms with E-state index in [4.69, 9.17) is 0 Å². The summed E-state index contributed by atoms with van der Waals surface area (Å²) in [6.07, 6.45) is 4.04. The molecule has 0 radical (unpaired) electrons. The number of aromatic nitrogens is 2. The lowest BCUT2D eigenvalue weighted by Crippen LogP contribution is -2.13.